The maximum Gasteiger partial charge on any atom is 0.518 e. The van der Waals surface area contributed by atoms with E-state index >= 15 is 0 Å². The zero-order valence-corrected chi connectivity index (χ0v) is 17.8. The molecule has 2 fully saturated rings. The summed E-state index contributed by atoms with van der Waals surface area (Å²) in [5.74, 6) is -3.65. The highest BCUT2D eigenvalue weighted by Gasteiger charge is 2.50. The number of fused-ring (bicyclic) bond motifs is 2. The van der Waals surface area contributed by atoms with E-state index in [1.807, 2.05) is 0 Å². The second-order valence-electron chi connectivity index (χ2n) is 7.40. The summed E-state index contributed by atoms with van der Waals surface area (Å²) in [6.07, 6.45) is 1.14. The van der Waals surface area contributed by atoms with Gasteiger partial charge in [0.05, 0.1) is 26.7 Å². The summed E-state index contributed by atoms with van der Waals surface area (Å²) >= 11 is 0. The van der Waals surface area contributed by atoms with Crippen LogP contribution in [-0.4, -0.2) is 50.1 Å². The molecule has 32 heavy (non-hydrogen) atoms. The molecule has 10 nitrogen and oxygen atoms in total. The molecule has 0 heterocycles. The minimum Gasteiger partial charge on any atom is -0.506 e. The van der Waals surface area contributed by atoms with Crippen molar-refractivity contribution in [1.82, 2.24) is 0 Å². The van der Waals surface area contributed by atoms with Crippen LogP contribution in [0.5, 0.6) is 0 Å². The summed E-state index contributed by atoms with van der Waals surface area (Å²) < 4.78 is 88.1. The largest absolute Gasteiger partial charge is 0.518 e. The number of aliphatic hydroxyl groups is 1. The summed E-state index contributed by atoms with van der Waals surface area (Å²) in [6, 6.07) is 2.34. The van der Waals surface area contributed by atoms with Crippen LogP contribution in [-0.2, 0) is 24.7 Å². The van der Waals surface area contributed by atoms with Crippen molar-refractivity contribution in [3.05, 3.63) is 39.4 Å². The minimum atomic E-state index is -6.07. The Morgan fingerprint density at radius 3 is 2.31 bits per heavy atom. The lowest BCUT2D eigenvalue weighted by molar-refractivity contribution is -0.385. The number of sulfonamides is 1. The molecule has 2 aliphatic rings. The van der Waals surface area contributed by atoms with Crippen molar-refractivity contribution in [2.75, 3.05) is 6.26 Å². The predicted molar refractivity (Wildman–Crippen MR) is 104 cm³/mol. The van der Waals surface area contributed by atoms with Gasteiger partial charge >= 0.3 is 15.5 Å². The van der Waals surface area contributed by atoms with E-state index in [4.69, 9.17) is 0 Å². The smallest absolute Gasteiger partial charge is 0.506 e. The molecule has 2 atom stereocenters. The Morgan fingerprint density at radius 2 is 1.78 bits per heavy atom. The van der Waals surface area contributed by atoms with E-state index in [0.29, 0.717) is 6.07 Å². The number of nitrogens with zero attached hydrogens (tertiary/aromatic N) is 2. The van der Waals surface area contributed by atoms with Gasteiger partial charge in [-0.1, -0.05) is 0 Å². The summed E-state index contributed by atoms with van der Waals surface area (Å²) in [7, 11) is -9.96. The van der Waals surface area contributed by atoms with Gasteiger partial charge in [0, 0.05) is 24.2 Å². The highest BCUT2D eigenvalue weighted by atomic mass is 32.2. The molecular weight excluding hydrogens is 481 g/mol. The monoisotopic (exact) mass is 496 g/mol. The van der Waals surface area contributed by atoms with Crippen LogP contribution in [0, 0.1) is 22.0 Å². The quantitative estimate of drug-likeness (QED) is 0.288. The first-order valence-corrected chi connectivity index (χ1v) is 12.3. The number of benzene rings is 1. The molecule has 174 valence electrons. The number of carbonyl (C=O) groups excluding carboxylic acids is 1. The van der Waals surface area contributed by atoms with Crippen LogP contribution in [0.15, 0.2) is 33.1 Å². The number of hydrogen-bond donors (Lipinski definition) is 1. The van der Waals surface area contributed by atoms with Gasteiger partial charge in [0.2, 0.25) is 0 Å². The van der Waals surface area contributed by atoms with Gasteiger partial charge < -0.3 is 5.11 Å². The topological polar surface area (TPSA) is 161 Å². The lowest BCUT2D eigenvalue weighted by Crippen LogP contribution is -2.33. The number of sulfone groups is 1. The fraction of sp³-hybridized carbons (Fsp3) is 0.412. The Labute approximate surface area is 179 Å². The first-order valence-electron chi connectivity index (χ1n) is 8.92. The first kappa shape index (κ1) is 23.8. The summed E-state index contributed by atoms with van der Waals surface area (Å²) in [6.45, 7) is 0. The number of ketones is 1. The number of Topliss-reactive ketones (excluding diaryl/α,β-unsaturated/α-hetero) is 1. The van der Waals surface area contributed by atoms with Crippen LogP contribution in [0.3, 0.4) is 0 Å². The van der Waals surface area contributed by atoms with Crippen LogP contribution >= 0.6 is 0 Å². The van der Waals surface area contributed by atoms with E-state index in [0.717, 1.165) is 18.4 Å². The molecule has 0 aliphatic heterocycles. The molecule has 1 N–H and O–H groups in total. The molecule has 2 unspecified atom stereocenters. The van der Waals surface area contributed by atoms with E-state index in [1.54, 1.807) is 0 Å². The number of nitro groups is 1. The molecule has 1 aromatic rings. The molecule has 0 saturated heterocycles. The highest BCUT2D eigenvalue weighted by Crippen LogP contribution is 2.44. The highest BCUT2D eigenvalue weighted by molar-refractivity contribution is 7.91. The fourth-order valence-electron chi connectivity index (χ4n) is 3.77. The van der Waals surface area contributed by atoms with Crippen molar-refractivity contribution in [3.8, 4) is 0 Å². The molecule has 2 saturated carbocycles. The normalized spacial score (nSPS) is 24.6. The van der Waals surface area contributed by atoms with Crippen molar-refractivity contribution < 1.29 is 44.8 Å². The number of halogens is 3. The number of hydrogen-bond acceptors (Lipinski definition) is 8. The summed E-state index contributed by atoms with van der Waals surface area (Å²) in [5, 5.41) is 22.2. The van der Waals surface area contributed by atoms with Crippen molar-refractivity contribution >= 4 is 42.8 Å². The molecule has 1 aromatic carbocycles. The number of rotatable bonds is 4. The Balaban J connectivity index is 2.32. The molecule has 15 heteroatoms. The molecule has 0 radical (unpaired) electrons. The average molecular weight is 496 g/mol. The van der Waals surface area contributed by atoms with Gasteiger partial charge in [-0.15, -0.1) is 0 Å². The number of carbonyl (C=O) groups is 1. The molecule has 0 spiro atoms. The van der Waals surface area contributed by atoms with Gasteiger partial charge in [-0.25, -0.2) is 8.42 Å². The zero-order valence-electron chi connectivity index (χ0n) is 16.2. The van der Waals surface area contributed by atoms with Gasteiger partial charge in [-0.3, -0.25) is 14.9 Å². The average Bonchev–Trinajstić information content (AvgIpc) is 3.10. The summed E-state index contributed by atoms with van der Waals surface area (Å²) in [5.41, 5.74) is -9.04. The number of nitro benzene ring substituents is 1. The lowest BCUT2D eigenvalue weighted by Gasteiger charge is -2.24. The van der Waals surface area contributed by atoms with Crippen molar-refractivity contribution in [2.45, 2.75) is 29.7 Å². The Kier molecular flexibility index (Phi) is 5.70. The molecule has 3 rings (SSSR count). The third-order valence-electron chi connectivity index (χ3n) is 5.29. The van der Waals surface area contributed by atoms with Gasteiger partial charge in [0.1, 0.15) is 5.76 Å². The van der Waals surface area contributed by atoms with Crippen molar-refractivity contribution in [3.63, 3.8) is 0 Å². The minimum absolute atomic E-state index is 0.0247. The number of allylic oxidation sites excluding steroid dienone is 1. The van der Waals surface area contributed by atoms with Crippen molar-refractivity contribution in [1.29, 1.82) is 0 Å². The van der Waals surface area contributed by atoms with Crippen LogP contribution in [0.4, 0.5) is 18.9 Å². The molecule has 2 bridgehead atoms. The lowest BCUT2D eigenvalue weighted by atomic mass is 9.81. The second-order valence-corrected chi connectivity index (χ2v) is 11.0. The van der Waals surface area contributed by atoms with E-state index < -0.39 is 81.1 Å². The van der Waals surface area contributed by atoms with E-state index in [1.165, 1.54) is 0 Å². The predicted octanol–water partition coefficient (Wildman–Crippen LogP) is 2.56. The molecule has 0 amide bonds. The maximum absolute atomic E-state index is 12.9. The fourth-order valence-corrected chi connectivity index (χ4v) is 5.01. The SMILES string of the molecule is CS(=O)(=O)c1ccc(C(O)=C2C(=O)C3CCC(C3)C2=NS(=O)(=O)C(F)(F)F)c([N+](=O)[O-])c1. The first-order chi connectivity index (χ1) is 14.5. The Morgan fingerprint density at radius 1 is 1.19 bits per heavy atom. The van der Waals surface area contributed by atoms with E-state index in [9.17, 15) is 50.0 Å². The van der Waals surface area contributed by atoms with Gasteiger partial charge in [-0.2, -0.15) is 26.0 Å². The van der Waals surface area contributed by atoms with Crippen molar-refractivity contribution in [2.24, 2.45) is 16.2 Å². The van der Waals surface area contributed by atoms with Crippen LogP contribution in [0.25, 0.3) is 5.76 Å². The molecular formula is C17H15F3N2O8S2. The standard InChI is InChI=1S/C17H15F3N2O8S2/c1-31(27,28)10-4-5-11(12(7-10)22(25)26)16(24)13-14(21-32(29,30)17(18,19)20)8-2-3-9(6-8)15(13)23/h4-5,7-9,24H,2-3,6H2,1H3. The third-order valence-corrected chi connectivity index (χ3v) is 7.42. The van der Waals surface area contributed by atoms with E-state index in [2.05, 4.69) is 4.40 Å². The number of aliphatic hydroxyl groups excluding tert-OH is 1. The number of alkyl halides is 3. The van der Waals surface area contributed by atoms with Crippen LogP contribution in [0.1, 0.15) is 24.8 Å². The van der Waals surface area contributed by atoms with Gasteiger partial charge in [-0.05, 0) is 31.4 Å². The molecule has 0 aromatic heterocycles. The second kappa shape index (κ2) is 7.65. The summed E-state index contributed by atoms with van der Waals surface area (Å²) in [4.78, 5) is 22.8. The van der Waals surface area contributed by atoms with E-state index in [-0.39, 0.29) is 19.3 Å². The van der Waals surface area contributed by atoms with Gasteiger partial charge in [0.25, 0.3) is 5.69 Å². The van der Waals surface area contributed by atoms with Gasteiger partial charge in [0.15, 0.2) is 15.6 Å². The van der Waals surface area contributed by atoms with Crippen LogP contribution < -0.4 is 0 Å². The van der Waals surface area contributed by atoms with Crippen LogP contribution in [0.2, 0.25) is 0 Å². The third kappa shape index (κ3) is 4.13. The Bertz CT molecular complexity index is 1300. The maximum atomic E-state index is 12.9. The molecule has 2 aliphatic carbocycles. The zero-order chi connectivity index (χ0) is 24.2. The Hall–Kier alpha value is -2.81.